The van der Waals surface area contributed by atoms with Gasteiger partial charge in [-0.15, -0.1) is 0 Å². The Balaban J connectivity index is 1.80. The Morgan fingerprint density at radius 2 is 1.68 bits per heavy atom. The highest BCUT2D eigenvalue weighted by molar-refractivity contribution is 7.92. The monoisotopic (exact) mass is 462 g/mol. The Morgan fingerprint density at radius 3 is 2.32 bits per heavy atom. The number of benzene rings is 3. The number of hydrogen-bond donors (Lipinski definition) is 1. The highest BCUT2D eigenvalue weighted by atomic mass is 35.5. The van der Waals surface area contributed by atoms with Gasteiger partial charge in [-0.05, 0) is 22.4 Å². The molecule has 0 unspecified atom stereocenters. The van der Waals surface area contributed by atoms with Crippen LogP contribution >= 0.6 is 11.6 Å². The number of ether oxygens (including phenoxy) is 2. The van der Waals surface area contributed by atoms with Gasteiger partial charge in [-0.1, -0.05) is 48.0 Å². The number of methoxy groups -OCH3 is 2. The third-order valence-corrected chi connectivity index (χ3v) is 6.13. The van der Waals surface area contributed by atoms with Crippen molar-refractivity contribution in [2.24, 2.45) is 0 Å². The van der Waals surface area contributed by atoms with E-state index in [0.29, 0.717) is 0 Å². The average Bonchev–Trinajstić information content (AvgIpc) is 2.75. The van der Waals surface area contributed by atoms with Gasteiger partial charge in [0, 0.05) is 18.7 Å². The number of hydrogen-bond acceptors (Lipinski definition) is 5. The van der Waals surface area contributed by atoms with Gasteiger partial charge in [0.15, 0.2) is 0 Å². The maximum atomic E-state index is 12.6. The predicted molar refractivity (Wildman–Crippen MR) is 123 cm³/mol. The summed E-state index contributed by atoms with van der Waals surface area (Å²) in [5, 5.41) is 5.19. The number of nitrogens with one attached hydrogen (secondary N) is 1. The zero-order valence-electron chi connectivity index (χ0n) is 17.4. The number of amides is 1. The molecule has 164 valence electrons. The fourth-order valence-electron chi connectivity index (χ4n) is 3.16. The van der Waals surface area contributed by atoms with Gasteiger partial charge in [0.2, 0.25) is 15.9 Å². The summed E-state index contributed by atoms with van der Waals surface area (Å²) in [4.78, 5) is 12.6. The van der Waals surface area contributed by atoms with E-state index in [1.165, 1.54) is 26.4 Å². The van der Waals surface area contributed by atoms with E-state index in [1.54, 1.807) is 0 Å². The summed E-state index contributed by atoms with van der Waals surface area (Å²) in [6.07, 6.45) is 1.02. The number of rotatable bonds is 8. The van der Waals surface area contributed by atoms with Gasteiger partial charge in [0.25, 0.3) is 0 Å². The van der Waals surface area contributed by atoms with E-state index in [4.69, 9.17) is 21.1 Å². The molecule has 0 spiro atoms. The fraction of sp³-hybridized carbons (Fsp3) is 0.227. The van der Waals surface area contributed by atoms with Crippen LogP contribution in [0.1, 0.15) is 5.56 Å². The van der Waals surface area contributed by atoms with Gasteiger partial charge < -0.3 is 14.8 Å². The van der Waals surface area contributed by atoms with Crippen molar-refractivity contribution in [1.29, 1.82) is 0 Å². The maximum Gasteiger partial charge on any atom is 0.241 e. The Morgan fingerprint density at radius 1 is 1.00 bits per heavy atom. The number of sulfonamides is 1. The van der Waals surface area contributed by atoms with Crippen molar-refractivity contribution in [3.63, 3.8) is 0 Å². The van der Waals surface area contributed by atoms with E-state index in [1.807, 2.05) is 42.5 Å². The predicted octanol–water partition coefficient (Wildman–Crippen LogP) is 3.59. The molecule has 9 heteroatoms. The first kappa shape index (κ1) is 22.7. The van der Waals surface area contributed by atoms with Crippen LogP contribution in [0.4, 0.5) is 5.69 Å². The summed E-state index contributed by atoms with van der Waals surface area (Å²) < 4.78 is 36.3. The molecule has 0 fully saturated rings. The van der Waals surface area contributed by atoms with Crippen LogP contribution in [0.3, 0.4) is 0 Å². The number of nitrogens with zero attached hydrogens (tertiary/aromatic N) is 1. The minimum absolute atomic E-state index is 0.159. The molecule has 1 amide bonds. The lowest BCUT2D eigenvalue weighted by atomic mass is 10.1. The highest BCUT2D eigenvalue weighted by Gasteiger charge is 2.25. The van der Waals surface area contributed by atoms with Crippen molar-refractivity contribution in [2.75, 3.05) is 31.3 Å². The molecule has 0 heterocycles. The molecule has 7 nitrogen and oxygen atoms in total. The minimum atomic E-state index is -3.80. The van der Waals surface area contributed by atoms with Crippen molar-refractivity contribution in [3.05, 3.63) is 65.2 Å². The van der Waals surface area contributed by atoms with Gasteiger partial charge in [-0.2, -0.15) is 0 Å². The molecule has 0 saturated heterocycles. The van der Waals surface area contributed by atoms with Crippen molar-refractivity contribution in [3.8, 4) is 11.5 Å². The molecule has 0 bridgehead atoms. The van der Waals surface area contributed by atoms with Crippen LogP contribution in [-0.4, -0.2) is 41.3 Å². The molecule has 0 aromatic heterocycles. The second-order valence-electron chi connectivity index (χ2n) is 6.89. The molecular formula is C22H23ClN2O5S. The molecule has 0 radical (unpaired) electrons. The van der Waals surface area contributed by atoms with Crippen LogP contribution in [-0.2, 0) is 21.4 Å². The summed E-state index contributed by atoms with van der Waals surface area (Å²) in [6.45, 7) is -0.157. The number of fused-ring (bicyclic) bond motifs is 1. The first-order valence-electron chi connectivity index (χ1n) is 9.36. The summed E-state index contributed by atoms with van der Waals surface area (Å²) >= 11 is 6.11. The first-order valence-corrected chi connectivity index (χ1v) is 11.6. The Hall–Kier alpha value is -2.97. The molecule has 0 atom stereocenters. The average molecular weight is 463 g/mol. The summed E-state index contributed by atoms with van der Waals surface area (Å²) in [5.74, 6) is 0.01000. The Labute approximate surface area is 186 Å². The molecule has 0 saturated carbocycles. The van der Waals surface area contributed by atoms with Crippen molar-refractivity contribution in [2.45, 2.75) is 6.54 Å². The van der Waals surface area contributed by atoms with Crippen LogP contribution in [0, 0.1) is 0 Å². The maximum absolute atomic E-state index is 12.6. The molecule has 3 aromatic rings. The molecule has 0 aliphatic heterocycles. The molecule has 3 aromatic carbocycles. The van der Waals surface area contributed by atoms with Crippen LogP contribution in [0.25, 0.3) is 10.8 Å². The van der Waals surface area contributed by atoms with E-state index in [0.717, 1.165) is 26.9 Å². The van der Waals surface area contributed by atoms with Crippen LogP contribution in [0.15, 0.2) is 54.6 Å². The number of carbonyl (C=O) groups excluding carboxylic acids is 1. The molecule has 31 heavy (non-hydrogen) atoms. The highest BCUT2D eigenvalue weighted by Crippen LogP contribution is 2.38. The van der Waals surface area contributed by atoms with E-state index in [9.17, 15) is 13.2 Å². The van der Waals surface area contributed by atoms with E-state index in [-0.39, 0.29) is 28.8 Å². The standard InChI is InChI=1S/C22H23ClN2O5S/c1-29-20-12-19(21(30-2)11-18(20)23)25(31(3,27)28)14-22(26)24-13-15-8-9-16-6-4-5-7-17(16)10-15/h4-12H,13-14H2,1-3H3,(H,24,26). The number of anilines is 1. The molecule has 0 aliphatic carbocycles. The van der Waals surface area contributed by atoms with Gasteiger partial charge in [0.1, 0.15) is 18.0 Å². The van der Waals surface area contributed by atoms with Gasteiger partial charge >= 0.3 is 0 Å². The van der Waals surface area contributed by atoms with Crippen molar-refractivity contribution >= 4 is 44.0 Å². The third kappa shape index (κ3) is 5.39. The van der Waals surface area contributed by atoms with Gasteiger partial charge in [-0.25, -0.2) is 8.42 Å². The molecule has 0 aliphatic rings. The summed E-state index contributed by atoms with van der Waals surface area (Å²) in [7, 11) is -0.995. The normalized spacial score (nSPS) is 11.2. The van der Waals surface area contributed by atoms with Crippen molar-refractivity contribution < 1.29 is 22.7 Å². The van der Waals surface area contributed by atoms with E-state index in [2.05, 4.69) is 5.32 Å². The second kappa shape index (κ2) is 9.45. The van der Waals surface area contributed by atoms with Gasteiger partial charge in [-0.3, -0.25) is 9.10 Å². The SMILES string of the molecule is COc1cc(N(CC(=O)NCc2ccc3ccccc3c2)S(C)(=O)=O)c(OC)cc1Cl. The molecule has 3 rings (SSSR count). The molecule has 1 N–H and O–H groups in total. The van der Waals surface area contributed by atoms with Crippen LogP contribution in [0.2, 0.25) is 5.02 Å². The largest absolute Gasteiger partial charge is 0.495 e. The van der Waals surface area contributed by atoms with Crippen molar-refractivity contribution in [1.82, 2.24) is 5.32 Å². The topological polar surface area (TPSA) is 84.9 Å². The van der Waals surface area contributed by atoms with Crippen LogP contribution < -0.4 is 19.1 Å². The fourth-order valence-corrected chi connectivity index (χ4v) is 4.24. The smallest absolute Gasteiger partial charge is 0.241 e. The van der Waals surface area contributed by atoms with E-state index < -0.39 is 22.5 Å². The first-order chi connectivity index (χ1) is 14.7. The second-order valence-corrected chi connectivity index (χ2v) is 9.20. The minimum Gasteiger partial charge on any atom is -0.495 e. The Kier molecular flexibility index (Phi) is 6.92. The summed E-state index contributed by atoms with van der Waals surface area (Å²) in [5.41, 5.74) is 1.07. The van der Waals surface area contributed by atoms with Crippen LogP contribution in [0.5, 0.6) is 11.5 Å². The quantitative estimate of drug-likeness (QED) is 0.553. The lowest BCUT2D eigenvalue weighted by molar-refractivity contribution is -0.119. The molecular weight excluding hydrogens is 440 g/mol. The summed E-state index contributed by atoms with van der Waals surface area (Å²) in [6, 6.07) is 16.7. The number of halogens is 1. The Bertz CT molecular complexity index is 1210. The zero-order chi connectivity index (χ0) is 22.6. The van der Waals surface area contributed by atoms with E-state index >= 15 is 0 Å². The lowest BCUT2D eigenvalue weighted by Crippen LogP contribution is -2.40. The lowest BCUT2D eigenvalue weighted by Gasteiger charge is -2.24. The third-order valence-electron chi connectivity index (χ3n) is 4.71. The van der Waals surface area contributed by atoms with Gasteiger partial charge in [0.05, 0.1) is 31.2 Å². The zero-order valence-corrected chi connectivity index (χ0v) is 19.0. The number of carbonyl (C=O) groups is 1.